The highest BCUT2D eigenvalue weighted by Crippen LogP contribution is 2.32. The van der Waals surface area contributed by atoms with E-state index in [2.05, 4.69) is 6.92 Å². The Kier molecular flexibility index (Phi) is 19.0. The molecule has 11 N–H and O–H groups in total. The molecule has 0 aromatic rings. The predicted octanol–water partition coefficient (Wildman–Crippen LogP) is -0.853. The highest BCUT2D eigenvalue weighted by molar-refractivity contribution is 5.76. The number of carboxylic acids is 1. The molecule has 0 aliphatic carbocycles. The van der Waals surface area contributed by atoms with Gasteiger partial charge in [-0.25, -0.2) is 4.79 Å². The molecule has 0 unspecified atom stereocenters. The van der Waals surface area contributed by atoms with Crippen LogP contribution in [-0.2, 0) is 4.79 Å². The average Bonchev–Trinajstić information content (AvgIpc) is 2.81. The van der Waals surface area contributed by atoms with E-state index in [1.165, 1.54) is 38.5 Å². The van der Waals surface area contributed by atoms with Gasteiger partial charge >= 0.3 is 11.8 Å². The number of carbonyl (C=O) groups is 1. The minimum atomic E-state index is -4.10. The molecular formula is C23H48O12. The lowest BCUT2D eigenvalue weighted by molar-refractivity contribution is -0.441. The molecule has 12 nitrogen and oxygen atoms in total. The second kappa shape index (κ2) is 18.3. The van der Waals surface area contributed by atoms with Gasteiger partial charge in [0, 0.05) is 6.42 Å². The van der Waals surface area contributed by atoms with Gasteiger partial charge in [0.05, 0.1) is 31.8 Å². The first kappa shape index (κ1) is 36.2. The Morgan fingerprint density at radius 2 is 0.886 bits per heavy atom. The molecule has 12 heteroatoms. The van der Waals surface area contributed by atoms with Crippen LogP contribution in [0.15, 0.2) is 0 Å². The van der Waals surface area contributed by atoms with E-state index in [0.717, 1.165) is 25.7 Å². The van der Waals surface area contributed by atoms with Crippen molar-refractivity contribution in [3.63, 3.8) is 0 Å². The summed E-state index contributed by atoms with van der Waals surface area (Å²) in [4.78, 5) is 10.6. The molecule has 0 aromatic carbocycles. The molecule has 0 amide bonds. The van der Waals surface area contributed by atoms with E-state index in [1.807, 2.05) is 0 Å². The quantitative estimate of drug-likeness (QED) is 0.0700. The van der Waals surface area contributed by atoms with E-state index in [9.17, 15) is 35.4 Å². The zero-order valence-corrected chi connectivity index (χ0v) is 20.8. The molecule has 0 spiro atoms. The molecule has 0 aliphatic heterocycles. The van der Waals surface area contributed by atoms with Crippen molar-refractivity contribution in [1.29, 1.82) is 0 Å². The van der Waals surface area contributed by atoms with Crippen LogP contribution < -0.4 is 0 Å². The summed E-state index contributed by atoms with van der Waals surface area (Å²) in [5.41, 5.74) is -1.11. The van der Waals surface area contributed by atoms with Gasteiger partial charge in [0.1, 0.15) is 0 Å². The summed E-state index contributed by atoms with van der Waals surface area (Å²) in [6, 6.07) is 0. The van der Waals surface area contributed by atoms with Crippen molar-refractivity contribution in [2.45, 2.75) is 108 Å². The SMILES string of the molecule is CCCCCCCCCCCCCCC(O)(O)C(O)(O)C(O)(O)C(=O)O.OCC(CO)(CO)CO. The minimum absolute atomic E-state index is 0.169. The summed E-state index contributed by atoms with van der Waals surface area (Å²) in [5.74, 6) is -13.9. The Bertz CT molecular complexity index is 515. The number of unbranched alkanes of at least 4 members (excludes halogenated alkanes) is 11. The number of rotatable bonds is 20. The molecule has 0 saturated heterocycles. The lowest BCUT2D eigenvalue weighted by atomic mass is 9.91. The summed E-state index contributed by atoms with van der Waals surface area (Å²) in [7, 11) is 0. The Labute approximate surface area is 207 Å². The molecule has 0 saturated carbocycles. The van der Waals surface area contributed by atoms with E-state index in [0.29, 0.717) is 6.42 Å². The molecule has 0 aromatic heterocycles. The van der Waals surface area contributed by atoms with Gasteiger partial charge in [0.25, 0.3) is 5.79 Å². The molecule has 212 valence electrons. The van der Waals surface area contributed by atoms with Crippen LogP contribution in [0.2, 0.25) is 0 Å². The Balaban J connectivity index is 0. The smallest absolute Gasteiger partial charge is 0.370 e. The van der Waals surface area contributed by atoms with Gasteiger partial charge in [-0.15, -0.1) is 0 Å². The third kappa shape index (κ3) is 12.7. The second-order valence-corrected chi connectivity index (χ2v) is 9.24. The fourth-order valence-electron chi connectivity index (χ4n) is 3.12. The number of carboxylic acid groups (broad SMARTS) is 1. The van der Waals surface area contributed by atoms with E-state index in [1.54, 1.807) is 0 Å². The molecule has 0 radical (unpaired) electrons. The van der Waals surface area contributed by atoms with E-state index in [4.69, 9.17) is 25.5 Å². The Hall–Kier alpha value is -0.930. The largest absolute Gasteiger partial charge is 0.477 e. The number of hydrogen-bond acceptors (Lipinski definition) is 11. The molecule has 0 rings (SSSR count). The third-order valence-corrected chi connectivity index (χ3v) is 6.06. The predicted molar refractivity (Wildman–Crippen MR) is 126 cm³/mol. The van der Waals surface area contributed by atoms with Gasteiger partial charge < -0.3 is 56.2 Å². The highest BCUT2D eigenvalue weighted by Gasteiger charge is 2.65. The topological polar surface area (TPSA) is 240 Å². The van der Waals surface area contributed by atoms with Crippen LogP contribution in [0.3, 0.4) is 0 Å². The van der Waals surface area contributed by atoms with Gasteiger partial charge in [-0.05, 0) is 6.42 Å². The first-order valence-corrected chi connectivity index (χ1v) is 12.3. The molecule has 0 heterocycles. The maximum Gasteiger partial charge on any atom is 0.370 e. The van der Waals surface area contributed by atoms with Crippen molar-refractivity contribution >= 4 is 5.97 Å². The normalized spacial score (nSPS) is 12.9. The average molecular weight is 517 g/mol. The van der Waals surface area contributed by atoms with Gasteiger partial charge in [-0.3, -0.25) is 0 Å². The number of hydrogen-bond donors (Lipinski definition) is 11. The summed E-state index contributed by atoms with van der Waals surface area (Å²) in [5, 5.41) is 99.2. The van der Waals surface area contributed by atoms with Crippen LogP contribution in [0.1, 0.15) is 90.4 Å². The Morgan fingerprint density at radius 1 is 0.571 bits per heavy atom. The highest BCUT2D eigenvalue weighted by atomic mass is 16.7. The lowest BCUT2D eigenvalue weighted by Gasteiger charge is -2.40. The van der Waals surface area contributed by atoms with Gasteiger partial charge in [0.15, 0.2) is 0 Å². The zero-order chi connectivity index (χ0) is 27.6. The summed E-state index contributed by atoms with van der Waals surface area (Å²) < 4.78 is 0. The third-order valence-electron chi connectivity index (χ3n) is 6.06. The minimum Gasteiger partial charge on any atom is -0.477 e. The summed E-state index contributed by atoms with van der Waals surface area (Å²) in [6.45, 7) is 0.564. The van der Waals surface area contributed by atoms with Gasteiger partial charge in [-0.2, -0.15) is 0 Å². The maximum absolute atomic E-state index is 10.6. The van der Waals surface area contributed by atoms with Gasteiger partial charge in [0.2, 0.25) is 5.79 Å². The van der Waals surface area contributed by atoms with Crippen molar-refractivity contribution in [1.82, 2.24) is 0 Å². The van der Waals surface area contributed by atoms with Crippen molar-refractivity contribution in [2.24, 2.45) is 5.41 Å². The van der Waals surface area contributed by atoms with Crippen LogP contribution in [0, 0.1) is 5.41 Å². The second-order valence-electron chi connectivity index (χ2n) is 9.24. The number of aliphatic carboxylic acids is 1. The summed E-state index contributed by atoms with van der Waals surface area (Å²) in [6.07, 6.45) is 11.7. The molecule has 0 atom stereocenters. The number of aliphatic hydroxyl groups excluding tert-OH is 4. The Morgan fingerprint density at radius 3 is 1.14 bits per heavy atom. The zero-order valence-electron chi connectivity index (χ0n) is 20.8. The molecule has 35 heavy (non-hydrogen) atoms. The molecule has 0 aliphatic rings. The molecular weight excluding hydrogens is 468 g/mol. The van der Waals surface area contributed by atoms with Crippen LogP contribution in [0.25, 0.3) is 0 Å². The van der Waals surface area contributed by atoms with Gasteiger partial charge in [-0.1, -0.05) is 77.6 Å². The van der Waals surface area contributed by atoms with Crippen LogP contribution in [0.5, 0.6) is 0 Å². The summed E-state index contributed by atoms with van der Waals surface area (Å²) >= 11 is 0. The molecule has 0 fully saturated rings. The van der Waals surface area contributed by atoms with Crippen LogP contribution in [-0.4, -0.2) is 106 Å². The lowest BCUT2D eigenvalue weighted by Crippen LogP contribution is -2.71. The monoisotopic (exact) mass is 516 g/mol. The molecule has 0 bridgehead atoms. The first-order chi connectivity index (χ1) is 16.2. The fourth-order valence-corrected chi connectivity index (χ4v) is 3.12. The van der Waals surface area contributed by atoms with Crippen molar-refractivity contribution in [2.75, 3.05) is 26.4 Å². The van der Waals surface area contributed by atoms with E-state index < -0.39 is 61.6 Å². The van der Waals surface area contributed by atoms with Crippen LogP contribution >= 0.6 is 0 Å². The first-order valence-electron chi connectivity index (χ1n) is 12.3. The fraction of sp³-hybridized carbons (Fsp3) is 0.957. The number of aliphatic hydroxyl groups is 10. The van der Waals surface area contributed by atoms with Crippen molar-refractivity contribution in [3.05, 3.63) is 0 Å². The van der Waals surface area contributed by atoms with Crippen molar-refractivity contribution in [3.8, 4) is 0 Å². The van der Waals surface area contributed by atoms with Crippen LogP contribution in [0.4, 0.5) is 0 Å². The standard InChI is InChI=1S/C18H36O8.C5H12O4/c1-2-3-4-5-6-7-8-9-10-11-12-13-14-16(21,22)18(25,26)17(23,24)15(19)20;6-1-5(2-7,3-8)4-9/h21-26H,2-14H2,1H3,(H,19,20);6-9H,1-4H2. The maximum atomic E-state index is 10.6. The van der Waals surface area contributed by atoms with E-state index in [-0.39, 0.29) is 6.42 Å². The van der Waals surface area contributed by atoms with E-state index >= 15 is 0 Å². The van der Waals surface area contributed by atoms with Crippen molar-refractivity contribution < 1.29 is 61.0 Å².